The first-order valence-electron chi connectivity index (χ1n) is 9.23. The molecule has 2 aromatic rings. The number of ether oxygens (including phenoxy) is 1. The number of hydrogen-bond donors (Lipinski definition) is 1. The van der Waals surface area contributed by atoms with Crippen LogP contribution in [0.15, 0.2) is 42.5 Å². The normalized spacial score (nSPS) is 12.5. The van der Waals surface area contributed by atoms with Crippen molar-refractivity contribution in [3.63, 3.8) is 0 Å². The van der Waals surface area contributed by atoms with Crippen molar-refractivity contribution in [2.24, 2.45) is 0 Å². The molecule has 1 N–H and O–H groups in total. The van der Waals surface area contributed by atoms with E-state index in [0.717, 1.165) is 29.7 Å². The van der Waals surface area contributed by atoms with Crippen LogP contribution >= 0.6 is 0 Å². The Morgan fingerprint density at radius 3 is 2.73 bits per heavy atom. The van der Waals surface area contributed by atoms with Crippen LogP contribution in [0, 0.1) is 6.92 Å². The molecule has 1 aliphatic carbocycles. The molecule has 1 amide bonds. The van der Waals surface area contributed by atoms with Gasteiger partial charge in [0, 0.05) is 18.4 Å². The highest BCUT2D eigenvalue weighted by atomic mass is 16.5. The molecule has 0 saturated heterocycles. The van der Waals surface area contributed by atoms with Gasteiger partial charge in [-0.3, -0.25) is 9.59 Å². The highest BCUT2D eigenvalue weighted by Gasteiger charge is 2.14. The second-order valence-corrected chi connectivity index (χ2v) is 6.78. The molecular formula is C22H25NO3. The fraction of sp³-hybridized carbons (Fsp3) is 0.364. The van der Waals surface area contributed by atoms with Crippen LogP contribution in [0.25, 0.3) is 0 Å². The third kappa shape index (κ3) is 4.94. The van der Waals surface area contributed by atoms with Gasteiger partial charge in [0.15, 0.2) is 5.78 Å². The molecule has 0 heterocycles. The maximum Gasteiger partial charge on any atom is 0.220 e. The van der Waals surface area contributed by atoms with Crippen LogP contribution < -0.4 is 10.1 Å². The van der Waals surface area contributed by atoms with Gasteiger partial charge in [0.1, 0.15) is 12.4 Å². The lowest BCUT2D eigenvalue weighted by Crippen LogP contribution is -2.28. The van der Waals surface area contributed by atoms with Gasteiger partial charge in [-0.2, -0.15) is 0 Å². The molecule has 2 aromatic carbocycles. The third-order valence-electron chi connectivity index (χ3n) is 4.68. The van der Waals surface area contributed by atoms with Crippen molar-refractivity contribution in [1.82, 2.24) is 5.32 Å². The molecule has 0 unspecified atom stereocenters. The van der Waals surface area contributed by atoms with Crippen LogP contribution in [0.2, 0.25) is 0 Å². The van der Waals surface area contributed by atoms with Crippen molar-refractivity contribution in [3.8, 4) is 5.75 Å². The molecule has 4 heteroatoms. The van der Waals surface area contributed by atoms with Crippen molar-refractivity contribution in [2.75, 3.05) is 13.2 Å². The molecule has 26 heavy (non-hydrogen) atoms. The number of hydrogen-bond acceptors (Lipinski definition) is 3. The van der Waals surface area contributed by atoms with E-state index in [0.29, 0.717) is 13.2 Å². The number of nitrogens with one attached hydrogen (secondary N) is 1. The summed E-state index contributed by atoms with van der Waals surface area (Å²) in [6.07, 6.45) is 3.78. The summed E-state index contributed by atoms with van der Waals surface area (Å²) in [6, 6.07) is 13.7. The van der Waals surface area contributed by atoms with Gasteiger partial charge in [0.25, 0.3) is 0 Å². The number of benzene rings is 2. The fourth-order valence-electron chi connectivity index (χ4n) is 3.27. The van der Waals surface area contributed by atoms with Crippen LogP contribution in [0.4, 0.5) is 0 Å². The van der Waals surface area contributed by atoms with E-state index in [1.54, 1.807) is 0 Å². The SMILES string of the molecule is Cc1cccc(OCCNC(=O)CCC(=O)c2ccc3c(c2)CCC3)c1. The van der Waals surface area contributed by atoms with E-state index in [4.69, 9.17) is 4.74 Å². The fourth-order valence-corrected chi connectivity index (χ4v) is 3.27. The lowest BCUT2D eigenvalue weighted by molar-refractivity contribution is -0.121. The van der Waals surface area contributed by atoms with Crippen molar-refractivity contribution >= 4 is 11.7 Å². The first-order valence-corrected chi connectivity index (χ1v) is 9.23. The molecule has 4 nitrogen and oxygen atoms in total. The molecule has 0 spiro atoms. The molecule has 136 valence electrons. The largest absolute Gasteiger partial charge is 0.492 e. The summed E-state index contributed by atoms with van der Waals surface area (Å²) in [4.78, 5) is 24.2. The van der Waals surface area contributed by atoms with Crippen LogP contribution in [0.5, 0.6) is 5.75 Å². The quantitative estimate of drug-likeness (QED) is 0.583. The number of fused-ring (bicyclic) bond motifs is 1. The summed E-state index contributed by atoms with van der Waals surface area (Å²) in [5.41, 5.74) is 4.50. The lowest BCUT2D eigenvalue weighted by Gasteiger charge is -2.08. The number of amides is 1. The first-order chi connectivity index (χ1) is 12.6. The summed E-state index contributed by atoms with van der Waals surface area (Å²) < 4.78 is 5.59. The van der Waals surface area contributed by atoms with Gasteiger partial charge in [-0.25, -0.2) is 0 Å². The minimum absolute atomic E-state index is 0.0332. The number of carbonyl (C=O) groups is 2. The van der Waals surface area contributed by atoms with Crippen molar-refractivity contribution < 1.29 is 14.3 Å². The second kappa shape index (κ2) is 8.65. The molecule has 0 fully saturated rings. The van der Waals surface area contributed by atoms with Gasteiger partial charge in [-0.15, -0.1) is 0 Å². The maximum absolute atomic E-state index is 12.3. The minimum atomic E-state index is -0.118. The van der Waals surface area contributed by atoms with Crippen molar-refractivity contribution in [2.45, 2.75) is 39.0 Å². The number of ketones is 1. The van der Waals surface area contributed by atoms with Gasteiger partial charge >= 0.3 is 0 Å². The van der Waals surface area contributed by atoms with E-state index in [2.05, 4.69) is 11.4 Å². The van der Waals surface area contributed by atoms with E-state index in [1.165, 1.54) is 17.5 Å². The van der Waals surface area contributed by atoms with Crippen LogP contribution in [0.1, 0.15) is 46.3 Å². The van der Waals surface area contributed by atoms with E-state index in [9.17, 15) is 9.59 Å². The standard InChI is InChI=1S/C22H25NO3/c1-16-4-2-7-20(14-16)26-13-12-23-22(25)11-10-21(24)19-9-8-17-5-3-6-18(17)15-19/h2,4,7-9,14-15H,3,5-6,10-13H2,1H3,(H,23,25). The molecule has 1 aliphatic rings. The van der Waals surface area contributed by atoms with E-state index >= 15 is 0 Å². The van der Waals surface area contributed by atoms with E-state index in [1.807, 2.05) is 43.3 Å². The Hall–Kier alpha value is -2.62. The third-order valence-corrected chi connectivity index (χ3v) is 4.68. The molecule has 0 saturated carbocycles. The molecule has 0 bridgehead atoms. The Morgan fingerprint density at radius 1 is 1.04 bits per heavy atom. The summed E-state index contributed by atoms with van der Waals surface area (Å²) in [5, 5.41) is 2.80. The Kier molecular flexibility index (Phi) is 6.05. The maximum atomic E-state index is 12.3. The number of aryl methyl sites for hydroxylation is 3. The van der Waals surface area contributed by atoms with Crippen LogP contribution in [0.3, 0.4) is 0 Å². The summed E-state index contributed by atoms with van der Waals surface area (Å²) in [5.74, 6) is 0.712. The van der Waals surface area contributed by atoms with E-state index in [-0.39, 0.29) is 24.5 Å². The number of carbonyl (C=O) groups excluding carboxylic acids is 2. The van der Waals surface area contributed by atoms with Gasteiger partial charge < -0.3 is 10.1 Å². The predicted molar refractivity (Wildman–Crippen MR) is 102 cm³/mol. The number of Topliss-reactive ketones (excluding diaryl/α,β-unsaturated/α-hetero) is 1. The minimum Gasteiger partial charge on any atom is -0.492 e. The zero-order valence-electron chi connectivity index (χ0n) is 15.2. The van der Waals surface area contributed by atoms with Crippen LogP contribution in [-0.4, -0.2) is 24.8 Å². The Balaban J connectivity index is 1.36. The molecule has 0 aliphatic heterocycles. The molecule has 0 aromatic heterocycles. The zero-order valence-corrected chi connectivity index (χ0v) is 15.2. The second-order valence-electron chi connectivity index (χ2n) is 6.78. The Morgan fingerprint density at radius 2 is 1.88 bits per heavy atom. The smallest absolute Gasteiger partial charge is 0.220 e. The first kappa shape index (κ1) is 18.2. The highest BCUT2D eigenvalue weighted by molar-refractivity contribution is 5.98. The number of rotatable bonds is 8. The monoisotopic (exact) mass is 351 g/mol. The van der Waals surface area contributed by atoms with Gasteiger partial charge in [0.2, 0.25) is 5.91 Å². The van der Waals surface area contributed by atoms with Gasteiger partial charge in [-0.05, 0) is 61.1 Å². The molecule has 0 radical (unpaired) electrons. The zero-order chi connectivity index (χ0) is 18.4. The summed E-state index contributed by atoms with van der Waals surface area (Å²) in [7, 11) is 0. The average Bonchev–Trinajstić information content (AvgIpc) is 3.11. The highest BCUT2D eigenvalue weighted by Crippen LogP contribution is 2.23. The van der Waals surface area contributed by atoms with E-state index < -0.39 is 0 Å². The van der Waals surface area contributed by atoms with Crippen molar-refractivity contribution in [3.05, 3.63) is 64.7 Å². The average molecular weight is 351 g/mol. The van der Waals surface area contributed by atoms with Crippen molar-refractivity contribution in [1.29, 1.82) is 0 Å². The van der Waals surface area contributed by atoms with Crippen LogP contribution in [-0.2, 0) is 17.6 Å². The molecule has 0 atom stereocenters. The van der Waals surface area contributed by atoms with Gasteiger partial charge in [0.05, 0.1) is 6.54 Å². The Labute approximate surface area is 154 Å². The topological polar surface area (TPSA) is 55.4 Å². The lowest BCUT2D eigenvalue weighted by atomic mass is 10.0. The Bertz CT molecular complexity index is 798. The summed E-state index contributed by atoms with van der Waals surface area (Å²) >= 11 is 0. The van der Waals surface area contributed by atoms with Gasteiger partial charge in [-0.1, -0.05) is 24.3 Å². The molecule has 3 rings (SSSR count). The molecular weight excluding hydrogens is 326 g/mol. The predicted octanol–water partition coefficient (Wildman–Crippen LogP) is 3.64. The summed E-state index contributed by atoms with van der Waals surface area (Å²) in [6.45, 7) is 2.85.